The third kappa shape index (κ3) is 6.57. The monoisotopic (exact) mass is 549 g/mol. The number of carbonyl (C=O) groups is 2. The zero-order chi connectivity index (χ0) is 28.9. The Kier molecular flexibility index (Phi) is 9.01. The summed E-state index contributed by atoms with van der Waals surface area (Å²) in [6.45, 7) is 7.63. The number of nitro groups is 1. The number of esters is 2. The number of ether oxygens (including phenoxy) is 3. The average molecular weight is 550 g/mol. The van der Waals surface area contributed by atoms with Gasteiger partial charge in [-0.05, 0) is 31.9 Å². The van der Waals surface area contributed by atoms with E-state index >= 15 is 0 Å². The Bertz CT molecular complexity index is 1340. The molecule has 2 aromatic rings. The maximum absolute atomic E-state index is 13.9. The lowest BCUT2D eigenvalue weighted by atomic mass is 9.80. The van der Waals surface area contributed by atoms with Crippen LogP contribution in [0.5, 0.6) is 0 Å². The highest BCUT2D eigenvalue weighted by Gasteiger charge is 2.43. The summed E-state index contributed by atoms with van der Waals surface area (Å²) in [5.41, 5.74) is 2.11. The van der Waals surface area contributed by atoms with Crippen LogP contribution < -0.4 is 5.32 Å². The molecular weight excluding hydrogens is 514 g/mol. The first-order valence-corrected chi connectivity index (χ1v) is 13.2. The zero-order valence-corrected chi connectivity index (χ0v) is 23.3. The SMILES string of the molecule is COCCOC(=O)C1=C(C)NC(C)=C(C(=O)OC2(C)CCN(Cc3ccccc3)C2)C1c1cccc([N+](=O)[O-])c1. The molecule has 2 aromatic carbocycles. The molecule has 1 fully saturated rings. The zero-order valence-electron chi connectivity index (χ0n) is 23.3. The maximum Gasteiger partial charge on any atom is 0.337 e. The molecule has 2 atom stereocenters. The minimum atomic E-state index is -0.922. The van der Waals surface area contributed by atoms with Crippen molar-refractivity contribution in [3.05, 3.63) is 98.4 Å². The smallest absolute Gasteiger partial charge is 0.337 e. The van der Waals surface area contributed by atoms with Gasteiger partial charge in [0.05, 0.1) is 28.6 Å². The van der Waals surface area contributed by atoms with Gasteiger partial charge in [-0.2, -0.15) is 0 Å². The number of hydrogen-bond acceptors (Lipinski definition) is 9. The highest BCUT2D eigenvalue weighted by atomic mass is 16.6. The molecule has 10 nitrogen and oxygen atoms in total. The number of nitrogens with one attached hydrogen (secondary N) is 1. The van der Waals surface area contributed by atoms with E-state index in [1.54, 1.807) is 19.9 Å². The molecule has 40 heavy (non-hydrogen) atoms. The Morgan fingerprint density at radius 3 is 2.42 bits per heavy atom. The molecule has 0 spiro atoms. The molecule has 0 aliphatic carbocycles. The average Bonchev–Trinajstić information content (AvgIpc) is 3.28. The van der Waals surface area contributed by atoms with Crippen molar-refractivity contribution in [1.82, 2.24) is 10.2 Å². The van der Waals surface area contributed by atoms with Crippen LogP contribution in [-0.2, 0) is 30.3 Å². The number of rotatable bonds is 10. The molecule has 1 saturated heterocycles. The quantitative estimate of drug-likeness (QED) is 0.201. The molecule has 2 unspecified atom stereocenters. The van der Waals surface area contributed by atoms with Gasteiger partial charge >= 0.3 is 11.9 Å². The Morgan fingerprint density at radius 1 is 1.05 bits per heavy atom. The van der Waals surface area contributed by atoms with Crippen molar-refractivity contribution in [2.75, 3.05) is 33.4 Å². The first kappa shape index (κ1) is 29.0. The Balaban J connectivity index is 1.64. The first-order valence-electron chi connectivity index (χ1n) is 13.2. The molecule has 0 amide bonds. The van der Waals surface area contributed by atoms with Crippen molar-refractivity contribution < 1.29 is 28.7 Å². The third-order valence-electron chi connectivity index (χ3n) is 7.24. The number of hydrogen-bond donors (Lipinski definition) is 1. The van der Waals surface area contributed by atoms with Crippen LogP contribution in [0.15, 0.2) is 77.1 Å². The number of nitro benzene ring substituents is 1. The largest absolute Gasteiger partial charge is 0.460 e. The van der Waals surface area contributed by atoms with Gasteiger partial charge in [0, 0.05) is 56.7 Å². The summed E-state index contributed by atoms with van der Waals surface area (Å²) in [6, 6.07) is 16.1. The Labute approximate surface area is 233 Å². The van der Waals surface area contributed by atoms with Gasteiger partial charge in [0.15, 0.2) is 0 Å². The van der Waals surface area contributed by atoms with Crippen LogP contribution in [0.4, 0.5) is 5.69 Å². The minimum Gasteiger partial charge on any atom is -0.460 e. The van der Waals surface area contributed by atoms with Crippen molar-refractivity contribution in [2.24, 2.45) is 0 Å². The fraction of sp³-hybridized carbons (Fsp3) is 0.400. The van der Waals surface area contributed by atoms with Gasteiger partial charge in [-0.25, -0.2) is 9.59 Å². The molecule has 0 aromatic heterocycles. The molecule has 2 aliphatic heterocycles. The molecular formula is C30H35N3O7. The van der Waals surface area contributed by atoms with Crippen molar-refractivity contribution >= 4 is 17.6 Å². The van der Waals surface area contributed by atoms with E-state index in [9.17, 15) is 19.7 Å². The molecule has 10 heteroatoms. The number of benzene rings is 2. The molecule has 0 radical (unpaired) electrons. The van der Waals surface area contributed by atoms with Crippen LogP contribution >= 0.6 is 0 Å². The van der Waals surface area contributed by atoms with E-state index in [4.69, 9.17) is 14.2 Å². The fourth-order valence-corrected chi connectivity index (χ4v) is 5.35. The minimum absolute atomic E-state index is 0.0194. The van der Waals surface area contributed by atoms with Crippen LogP contribution in [0.3, 0.4) is 0 Å². The van der Waals surface area contributed by atoms with Gasteiger partial charge in [0.1, 0.15) is 12.2 Å². The van der Waals surface area contributed by atoms with Crippen LogP contribution in [0.1, 0.15) is 44.2 Å². The summed E-state index contributed by atoms with van der Waals surface area (Å²) in [4.78, 5) is 40.5. The van der Waals surface area contributed by atoms with Crippen LogP contribution in [-0.4, -0.2) is 60.8 Å². The lowest BCUT2D eigenvalue weighted by molar-refractivity contribution is -0.384. The number of likely N-dealkylation sites (tertiary alicyclic amines) is 1. The van der Waals surface area contributed by atoms with Crippen molar-refractivity contribution in [3.63, 3.8) is 0 Å². The number of allylic oxidation sites excluding steroid dienone is 2. The highest BCUT2D eigenvalue weighted by molar-refractivity contribution is 6.00. The topological polar surface area (TPSA) is 120 Å². The lowest BCUT2D eigenvalue weighted by Crippen LogP contribution is -2.39. The van der Waals surface area contributed by atoms with Gasteiger partial charge < -0.3 is 19.5 Å². The van der Waals surface area contributed by atoms with E-state index < -0.39 is 28.4 Å². The van der Waals surface area contributed by atoms with Gasteiger partial charge in [-0.3, -0.25) is 15.0 Å². The summed E-state index contributed by atoms with van der Waals surface area (Å²) in [7, 11) is 1.50. The van der Waals surface area contributed by atoms with Crippen molar-refractivity contribution in [1.29, 1.82) is 0 Å². The van der Waals surface area contributed by atoms with Crippen molar-refractivity contribution in [2.45, 2.75) is 45.3 Å². The van der Waals surface area contributed by atoms with Gasteiger partial charge in [0.2, 0.25) is 0 Å². The molecule has 2 heterocycles. The molecule has 4 rings (SSSR count). The van der Waals surface area contributed by atoms with E-state index in [-0.39, 0.29) is 30.0 Å². The van der Waals surface area contributed by atoms with Gasteiger partial charge in [-0.15, -0.1) is 0 Å². The van der Waals surface area contributed by atoms with Crippen LogP contribution in [0.2, 0.25) is 0 Å². The predicted octanol–water partition coefficient (Wildman–Crippen LogP) is 4.23. The normalized spacial score (nSPS) is 21.2. The Morgan fingerprint density at radius 2 is 1.75 bits per heavy atom. The molecule has 212 valence electrons. The third-order valence-corrected chi connectivity index (χ3v) is 7.24. The second-order valence-electron chi connectivity index (χ2n) is 10.4. The van der Waals surface area contributed by atoms with E-state index in [0.717, 1.165) is 13.1 Å². The Hall–Kier alpha value is -4.02. The predicted molar refractivity (Wildman–Crippen MR) is 148 cm³/mol. The molecule has 2 aliphatic rings. The summed E-state index contributed by atoms with van der Waals surface area (Å²) in [6.07, 6.45) is 0.646. The lowest BCUT2D eigenvalue weighted by Gasteiger charge is -2.33. The van der Waals surface area contributed by atoms with Crippen LogP contribution in [0, 0.1) is 10.1 Å². The summed E-state index contributed by atoms with van der Waals surface area (Å²) in [5, 5.41) is 14.7. The standard InChI is InChI=1S/C30H35N3O7/c1-20-25(28(34)39-16-15-38-4)27(23-11-8-12-24(17-23)33(36)37)26(21(2)31-20)29(35)40-30(3)13-14-32(19-30)18-22-9-6-5-7-10-22/h5-12,17,27,31H,13-16,18-19H2,1-4H3. The number of nitrogens with zero attached hydrogens (tertiary/aromatic N) is 2. The number of methoxy groups -OCH3 is 1. The molecule has 0 saturated carbocycles. The summed E-state index contributed by atoms with van der Waals surface area (Å²) < 4.78 is 16.6. The van der Waals surface area contributed by atoms with Crippen molar-refractivity contribution in [3.8, 4) is 0 Å². The number of non-ortho nitro benzene ring substituents is 1. The second-order valence-corrected chi connectivity index (χ2v) is 10.4. The van der Waals surface area contributed by atoms with Crippen LogP contribution in [0.25, 0.3) is 0 Å². The summed E-state index contributed by atoms with van der Waals surface area (Å²) in [5.74, 6) is -2.15. The molecule has 0 bridgehead atoms. The molecule has 1 N–H and O–H groups in total. The summed E-state index contributed by atoms with van der Waals surface area (Å²) >= 11 is 0. The highest BCUT2D eigenvalue weighted by Crippen LogP contribution is 2.41. The van der Waals surface area contributed by atoms with E-state index in [2.05, 4.69) is 22.3 Å². The van der Waals surface area contributed by atoms with Gasteiger partial charge in [-0.1, -0.05) is 42.5 Å². The first-order chi connectivity index (χ1) is 19.1. The maximum atomic E-state index is 13.9. The number of carbonyl (C=O) groups excluding carboxylic acids is 2. The van der Waals surface area contributed by atoms with E-state index in [0.29, 0.717) is 29.9 Å². The van der Waals surface area contributed by atoms with E-state index in [1.807, 2.05) is 25.1 Å². The van der Waals surface area contributed by atoms with Gasteiger partial charge in [0.25, 0.3) is 5.69 Å². The second kappa shape index (κ2) is 12.4. The van der Waals surface area contributed by atoms with E-state index in [1.165, 1.54) is 30.9 Å². The fourth-order valence-electron chi connectivity index (χ4n) is 5.35. The number of dihydropyridines is 1.